The fraction of sp³-hybridized carbons (Fsp3) is 0.312. The monoisotopic (exact) mass is 625 g/mol. The van der Waals surface area contributed by atoms with Crippen LogP contribution in [0.3, 0.4) is 0 Å². The zero-order valence-electron chi connectivity index (χ0n) is 24.7. The van der Waals surface area contributed by atoms with Crippen molar-refractivity contribution in [2.75, 3.05) is 6.61 Å². The molecule has 1 saturated heterocycles. The van der Waals surface area contributed by atoms with Crippen molar-refractivity contribution in [3.05, 3.63) is 84.9 Å². The average molecular weight is 626 g/mol. The van der Waals surface area contributed by atoms with E-state index in [0.717, 1.165) is 20.8 Å². The molecular formula is C32H34O11P+. The predicted molar refractivity (Wildman–Crippen MR) is 160 cm³/mol. The van der Waals surface area contributed by atoms with Gasteiger partial charge in [0, 0.05) is 27.7 Å². The van der Waals surface area contributed by atoms with Crippen LogP contribution in [0.2, 0.25) is 0 Å². The third kappa shape index (κ3) is 7.42. The first-order chi connectivity index (χ1) is 21.0. The van der Waals surface area contributed by atoms with E-state index in [9.17, 15) is 24.3 Å². The summed E-state index contributed by atoms with van der Waals surface area (Å²) in [7, 11) is -3.33. The molecule has 0 bridgehead atoms. The number of rotatable bonds is 10. The highest BCUT2D eigenvalue weighted by Gasteiger charge is 2.60. The molecule has 232 valence electrons. The molecule has 4 rings (SSSR count). The number of ether oxygens (including phenoxy) is 5. The molecular weight excluding hydrogens is 591 g/mol. The van der Waals surface area contributed by atoms with Crippen LogP contribution < -0.4 is 15.9 Å². The number of para-hydroxylation sites is 1. The Morgan fingerprint density at radius 2 is 1.14 bits per heavy atom. The summed E-state index contributed by atoms with van der Waals surface area (Å²) < 4.78 is 35.4. The second-order valence-corrected chi connectivity index (χ2v) is 12.9. The Bertz CT molecular complexity index is 1420. The van der Waals surface area contributed by atoms with Crippen molar-refractivity contribution in [2.45, 2.75) is 58.4 Å². The lowest BCUT2D eigenvalue weighted by Crippen LogP contribution is -2.63. The summed E-state index contributed by atoms with van der Waals surface area (Å²) in [6.07, 6.45) is -6.90. The van der Waals surface area contributed by atoms with Gasteiger partial charge in [0.25, 0.3) is 0 Å². The number of hydrogen-bond donors (Lipinski definition) is 1. The summed E-state index contributed by atoms with van der Waals surface area (Å²) in [5.74, 6) is -2.95. The van der Waals surface area contributed by atoms with Crippen molar-refractivity contribution in [3.8, 4) is 5.75 Å². The minimum Gasteiger partial charge on any atom is -0.504 e. The van der Waals surface area contributed by atoms with Gasteiger partial charge in [-0.2, -0.15) is 4.52 Å². The number of benzene rings is 3. The Labute approximate surface area is 255 Å². The van der Waals surface area contributed by atoms with Crippen molar-refractivity contribution in [1.29, 1.82) is 0 Å². The maximum atomic E-state index is 12.5. The summed E-state index contributed by atoms with van der Waals surface area (Å²) in [5.41, 5.74) is 0. The number of carbonyl (C=O) groups excluding carboxylic acids is 4. The van der Waals surface area contributed by atoms with E-state index in [1.54, 1.807) is 18.2 Å². The second-order valence-electron chi connectivity index (χ2n) is 9.94. The summed E-state index contributed by atoms with van der Waals surface area (Å²) >= 11 is 0. The topological polar surface area (TPSA) is 144 Å². The highest BCUT2D eigenvalue weighted by atomic mass is 31.2. The van der Waals surface area contributed by atoms with Crippen LogP contribution in [0.15, 0.2) is 84.9 Å². The summed E-state index contributed by atoms with van der Waals surface area (Å²) in [6.45, 7) is 4.25. The Balaban J connectivity index is 1.97. The molecule has 0 radical (unpaired) electrons. The van der Waals surface area contributed by atoms with E-state index in [4.69, 9.17) is 28.2 Å². The molecule has 1 aliphatic heterocycles. The smallest absolute Gasteiger partial charge is 0.303 e. The third-order valence-electron chi connectivity index (χ3n) is 6.67. The summed E-state index contributed by atoms with van der Waals surface area (Å²) in [4.78, 5) is 48.8. The fourth-order valence-electron chi connectivity index (χ4n) is 5.04. The highest BCUT2D eigenvalue weighted by Crippen LogP contribution is 2.60. The van der Waals surface area contributed by atoms with Gasteiger partial charge in [0.05, 0.1) is 0 Å². The molecule has 1 fully saturated rings. The van der Waals surface area contributed by atoms with Crippen LogP contribution >= 0.6 is 7.49 Å². The van der Waals surface area contributed by atoms with Gasteiger partial charge in [-0.3, -0.25) is 19.2 Å². The molecule has 44 heavy (non-hydrogen) atoms. The zero-order chi connectivity index (χ0) is 31.9. The SMILES string of the molecule is CC(=O)OC[C@H]1OC(O[P+](c2ccccc2)(c2ccccc2)c2ccccc2O)[C@H](OC(C)=O)[C@@H](OC(C)=O)[C@@H]1OC(C)=O. The van der Waals surface area contributed by atoms with Gasteiger partial charge in [0.15, 0.2) is 29.4 Å². The molecule has 0 aromatic heterocycles. The van der Waals surface area contributed by atoms with Gasteiger partial charge in [0.2, 0.25) is 13.8 Å². The van der Waals surface area contributed by atoms with Crippen molar-refractivity contribution >= 4 is 47.3 Å². The van der Waals surface area contributed by atoms with Crippen LogP contribution in [-0.4, -0.2) is 66.3 Å². The Kier molecular flexibility index (Phi) is 10.7. The first-order valence-electron chi connectivity index (χ1n) is 13.8. The molecule has 0 spiro atoms. The van der Waals surface area contributed by atoms with E-state index < -0.39 is 68.7 Å². The van der Waals surface area contributed by atoms with Crippen molar-refractivity contribution in [2.24, 2.45) is 0 Å². The van der Waals surface area contributed by atoms with E-state index in [0.29, 0.717) is 15.9 Å². The molecule has 0 aliphatic carbocycles. The molecule has 3 aromatic carbocycles. The molecule has 1 N–H and O–H groups in total. The van der Waals surface area contributed by atoms with Gasteiger partial charge in [-0.05, 0) is 36.4 Å². The minimum atomic E-state index is -3.33. The Hall–Kier alpha value is -4.31. The number of phenolic OH excluding ortho intramolecular Hbond substituents is 1. The quantitative estimate of drug-likeness (QED) is 0.202. The van der Waals surface area contributed by atoms with Crippen molar-refractivity contribution in [1.82, 2.24) is 0 Å². The molecule has 0 amide bonds. The standard InChI is InChI=1S/C32H33O11P/c1-20(33)38-19-27-29(39-21(2)34)30(40-22(3)35)31(41-23(4)36)32(42-27)43-44(24-13-7-5-8-14-24,25-15-9-6-10-16-25)28-18-12-11-17-26(28)37/h5-18,27,29-32H,19H2,1-4H3/p+1/t27-,29-,30+,31-,32?/m1/s1. The molecule has 1 aliphatic rings. The first kappa shape index (κ1) is 32.6. The second kappa shape index (κ2) is 14.4. The van der Waals surface area contributed by atoms with Gasteiger partial charge >= 0.3 is 23.9 Å². The van der Waals surface area contributed by atoms with Gasteiger partial charge in [-0.25, -0.2) is 0 Å². The number of hydrogen-bond acceptors (Lipinski definition) is 11. The summed E-state index contributed by atoms with van der Waals surface area (Å²) in [6, 6.07) is 25.0. The number of aromatic hydroxyl groups is 1. The van der Waals surface area contributed by atoms with E-state index >= 15 is 0 Å². The fourth-order valence-corrected chi connectivity index (χ4v) is 8.61. The lowest BCUT2D eigenvalue weighted by atomic mass is 9.98. The lowest BCUT2D eigenvalue weighted by Gasteiger charge is -2.44. The van der Waals surface area contributed by atoms with Crippen LogP contribution in [0.1, 0.15) is 27.7 Å². The van der Waals surface area contributed by atoms with Gasteiger partial charge in [-0.1, -0.05) is 48.5 Å². The van der Waals surface area contributed by atoms with Crippen LogP contribution in [0.5, 0.6) is 5.75 Å². The third-order valence-corrected chi connectivity index (χ3v) is 10.3. The maximum absolute atomic E-state index is 12.5. The summed E-state index contributed by atoms with van der Waals surface area (Å²) in [5, 5.41) is 13.1. The molecule has 11 nitrogen and oxygen atoms in total. The predicted octanol–water partition coefficient (Wildman–Crippen LogP) is 2.70. The molecule has 1 heterocycles. The first-order valence-corrected chi connectivity index (χ1v) is 15.5. The Morgan fingerprint density at radius 3 is 1.64 bits per heavy atom. The Morgan fingerprint density at radius 1 is 0.659 bits per heavy atom. The maximum Gasteiger partial charge on any atom is 0.303 e. The van der Waals surface area contributed by atoms with E-state index in [2.05, 4.69) is 0 Å². The number of esters is 4. The van der Waals surface area contributed by atoms with E-state index in [1.807, 2.05) is 60.7 Å². The van der Waals surface area contributed by atoms with Crippen LogP contribution in [0, 0.1) is 0 Å². The van der Waals surface area contributed by atoms with Crippen molar-refractivity contribution < 1.29 is 52.5 Å². The number of phenols is 1. The molecule has 0 saturated carbocycles. The lowest BCUT2D eigenvalue weighted by molar-refractivity contribution is -0.287. The number of carbonyl (C=O) groups is 4. The zero-order valence-corrected chi connectivity index (χ0v) is 25.5. The minimum absolute atomic E-state index is 0.0563. The van der Waals surface area contributed by atoms with Gasteiger partial charge in [-0.15, -0.1) is 0 Å². The highest BCUT2D eigenvalue weighted by molar-refractivity contribution is 7.92. The van der Waals surface area contributed by atoms with Crippen LogP contribution in [0.4, 0.5) is 0 Å². The van der Waals surface area contributed by atoms with Gasteiger partial charge in [0.1, 0.15) is 23.3 Å². The van der Waals surface area contributed by atoms with Crippen LogP contribution in [-0.2, 0) is 47.4 Å². The largest absolute Gasteiger partial charge is 0.504 e. The van der Waals surface area contributed by atoms with E-state index in [-0.39, 0.29) is 5.75 Å². The normalized spacial score (nSPS) is 21.5. The van der Waals surface area contributed by atoms with Crippen LogP contribution in [0.25, 0.3) is 0 Å². The molecule has 12 heteroatoms. The molecule has 1 unspecified atom stereocenters. The molecule has 5 atom stereocenters. The van der Waals surface area contributed by atoms with Gasteiger partial charge < -0.3 is 28.8 Å². The van der Waals surface area contributed by atoms with E-state index in [1.165, 1.54) is 13.0 Å². The van der Waals surface area contributed by atoms with Crippen molar-refractivity contribution in [3.63, 3.8) is 0 Å². The molecule has 3 aromatic rings. The average Bonchev–Trinajstić information content (AvgIpc) is 2.98.